The van der Waals surface area contributed by atoms with Crippen LogP contribution in [0.4, 0.5) is 0 Å². The highest BCUT2D eigenvalue weighted by Crippen LogP contribution is 2.23. The van der Waals surface area contributed by atoms with Gasteiger partial charge in [-0.2, -0.15) is 0 Å². The van der Waals surface area contributed by atoms with Crippen LogP contribution in [0.5, 0.6) is 0 Å². The van der Waals surface area contributed by atoms with Gasteiger partial charge in [0.15, 0.2) is 6.29 Å². The molecule has 1 saturated heterocycles. The summed E-state index contributed by atoms with van der Waals surface area (Å²) < 4.78 is 11.3. The molecule has 1 amide bonds. The lowest BCUT2D eigenvalue weighted by molar-refractivity contribution is -0.302. The molecule has 74 heavy (non-hydrogen) atoms. The molecule has 9 nitrogen and oxygen atoms in total. The van der Waals surface area contributed by atoms with Crippen LogP contribution in [-0.4, -0.2) is 87.5 Å². The Hall–Kier alpha value is -2.63. The van der Waals surface area contributed by atoms with Crippen molar-refractivity contribution in [2.45, 2.75) is 307 Å². The van der Waals surface area contributed by atoms with Crippen molar-refractivity contribution >= 4 is 5.91 Å². The summed E-state index contributed by atoms with van der Waals surface area (Å²) in [5, 5.41) is 54.6. The number of nitrogens with one attached hydrogen (secondary N) is 1. The number of carbonyl (C=O) groups is 1. The zero-order valence-corrected chi connectivity index (χ0v) is 47.6. The number of ether oxygens (including phenoxy) is 2. The van der Waals surface area contributed by atoms with Gasteiger partial charge in [0.25, 0.3) is 0 Å². The fourth-order valence-electron chi connectivity index (χ4n) is 9.44. The molecule has 9 heteroatoms. The van der Waals surface area contributed by atoms with Crippen LogP contribution in [0.1, 0.15) is 264 Å². The van der Waals surface area contributed by atoms with Gasteiger partial charge in [0.05, 0.1) is 25.4 Å². The second kappa shape index (κ2) is 53.8. The minimum Gasteiger partial charge on any atom is -0.394 e. The zero-order chi connectivity index (χ0) is 53.6. The summed E-state index contributed by atoms with van der Waals surface area (Å²) in [6, 6.07) is -0.720. The van der Waals surface area contributed by atoms with Gasteiger partial charge in [-0.1, -0.05) is 272 Å². The van der Waals surface area contributed by atoms with Gasteiger partial charge < -0.3 is 40.3 Å². The molecular formula is C65H115NO8. The third-order valence-corrected chi connectivity index (χ3v) is 14.3. The quantitative estimate of drug-likeness (QED) is 0.0261. The molecule has 0 aromatic heterocycles. The van der Waals surface area contributed by atoms with Gasteiger partial charge in [-0.05, 0) is 70.6 Å². The normalized spacial score (nSPS) is 19.6. The lowest BCUT2D eigenvalue weighted by atomic mass is 9.99. The summed E-state index contributed by atoms with van der Waals surface area (Å²) in [5.74, 6) is -0.145. The van der Waals surface area contributed by atoms with Crippen LogP contribution < -0.4 is 5.32 Å². The average Bonchev–Trinajstić information content (AvgIpc) is 3.40. The van der Waals surface area contributed by atoms with Gasteiger partial charge in [-0.25, -0.2) is 0 Å². The summed E-state index contributed by atoms with van der Waals surface area (Å²) >= 11 is 0. The van der Waals surface area contributed by atoms with E-state index in [9.17, 15) is 30.3 Å². The number of hydrogen-bond acceptors (Lipinski definition) is 8. The first kappa shape index (κ1) is 69.4. The smallest absolute Gasteiger partial charge is 0.220 e. The van der Waals surface area contributed by atoms with E-state index in [-0.39, 0.29) is 12.5 Å². The van der Waals surface area contributed by atoms with Crippen LogP contribution in [0, 0.1) is 0 Å². The predicted octanol–water partition coefficient (Wildman–Crippen LogP) is 15.8. The molecule has 1 heterocycles. The van der Waals surface area contributed by atoms with Gasteiger partial charge in [0.2, 0.25) is 5.91 Å². The number of rotatable bonds is 52. The first-order chi connectivity index (χ1) is 36.3. The highest BCUT2D eigenvalue weighted by atomic mass is 16.7. The molecule has 428 valence electrons. The Kier molecular flexibility index (Phi) is 50.4. The summed E-state index contributed by atoms with van der Waals surface area (Å²) in [7, 11) is 0. The minimum atomic E-state index is -1.55. The van der Waals surface area contributed by atoms with Crippen LogP contribution in [-0.2, 0) is 14.3 Å². The molecule has 1 aliphatic rings. The number of carbonyl (C=O) groups excluding carboxylic acids is 1. The maximum absolute atomic E-state index is 13.1. The van der Waals surface area contributed by atoms with Gasteiger partial charge in [-0.15, -0.1) is 0 Å². The molecule has 0 aliphatic carbocycles. The Bertz CT molecular complexity index is 1440. The molecular weight excluding hydrogens is 923 g/mol. The van der Waals surface area contributed by atoms with E-state index in [0.29, 0.717) is 12.8 Å². The Balaban J connectivity index is 2.06. The van der Waals surface area contributed by atoms with E-state index in [2.05, 4.69) is 104 Å². The molecule has 0 saturated carbocycles. The number of aliphatic hydroxyl groups is 5. The van der Waals surface area contributed by atoms with Crippen molar-refractivity contribution in [3.8, 4) is 0 Å². The number of allylic oxidation sites excluding steroid dienone is 14. The fourth-order valence-corrected chi connectivity index (χ4v) is 9.44. The van der Waals surface area contributed by atoms with Gasteiger partial charge in [-0.3, -0.25) is 4.79 Å². The molecule has 7 atom stereocenters. The highest BCUT2D eigenvalue weighted by molar-refractivity contribution is 5.76. The Morgan fingerprint density at radius 1 is 0.473 bits per heavy atom. The molecule has 7 unspecified atom stereocenters. The molecule has 0 bridgehead atoms. The van der Waals surface area contributed by atoms with E-state index in [1.54, 1.807) is 0 Å². The first-order valence-corrected chi connectivity index (χ1v) is 30.8. The van der Waals surface area contributed by atoms with Crippen molar-refractivity contribution in [2.75, 3.05) is 13.2 Å². The minimum absolute atomic E-state index is 0.138. The van der Waals surface area contributed by atoms with E-state index in [0.717, 1.165) is 83.5 Å². The topological polar surface area (TPSA) is 149 Å². The van der Waals surface area contributed by atoms with Gasteiger partial charge >= 0.3 is 0 Å². The summed E-state index contributed by atoms with van der Waals surface area (Å²) in [4.78, 5) is 13.1. The monoisotopic (exact) mass is 1040 g/mol. The van der Waals surface area contributed by atoms with Gasteiger partial charge in [0.1, 0.15) is 24.4 Å². The molecule has 1 rings (SSSR count). The molecule has 0 aromatic carbocycles. The van der Waals surface area contributed by atoms with E-state index in [4.69, 9.17) is 9.47 Å². The SMILES string of the molecule is CC/C=C\C/C=C\C/C=C\C/C=C\C/C=C\C/C=C\C/C=C\CCCCCCCCCCCCCCCCCCCC(=O)NC(COC1OC(CO)C(O)C(O)C1O)C(O)CCCCCCCCCCCCCC. The summed E-state index contributed by atoms with van der Waals surface area (Å²) in [6.07, 6.45) is 69.2. The number of amides is 1. The van der Waals surface area contributed by atoms with Crippen molar-refractivity contribution in [1.29, 1.82) is 0 Å². The van der Waals surface area contributed by atoms with Crippen LogP contribution in [0.3, 0.4) is 0 Å². The largest absolute Gasteiger partial charge is 0.394 e. The Morgan fingerprint density at radius 3 is 1.24 bits per heavy atom. The van der Waals surface area contributed by atoms with Crippen LogP contribution in [0.2, 0.25) is 0 Å². The average molecular weight is 1040 g/mol. The predicted molar refractivity (Wildman–Crippen MR) is 313 cm³/mol. The zero-order valence-electron chi connectivity index (χ0n) is 47.6. The van der Waals surface area contributed by atoms with E-state index in [1.807, 2.05) is 0 Å². The van der Waals surface area contributed by atoms with E-state index in [1.165, 1.54) is 154 Å². The molecule has 0 spiro atoms. The molecule has 0 radical (unpaired) electrons. The molecule has 0 aromatic rings. The van der Waals surface area contributed by atoms with E-state index < -0.39 is 49.5 Å². The Labute approximate surface area is 454 Å². The van der Waals surface area contributed by atoms with Crippen molar-refractivity contribution in [1.82, 2.24) is 5.32 Å². The third-order valence-electron chi connectivity index (χ3n) is 14.3. The number of hydrogen-bond donors (Lipinski definition) is 6. The van der Waals surface area contributed by atoms with Gasteiger partial charge in [0, 0.05) is 6.42 Å². The van der Waals surface area contributed by atoms with Crippen molar-refractivity contribution in [2.24, 2.45) is 0 Å². The number of unbranched alkanes of at least 4 members (excludes halogenated alkanes) is 28. The molecule has 1 fully saturated rings. The molecule has 6 N–H and O–H groups in total. The van der Waals surface area contributed by atoms with Crippen LogP contribution in [0.25, 0.3) is 0 Å². The number of aliphatic hydroxyl groups excluding tert-OH is 5. The van der Waals surface area contributed by atoms with E-state index >= 15 is 0 Å². The van der Waals surface area contributed by atoms with Crippen molar-refractivity contribution in [3.63, 3.8) is 0 Å². The summed E-state index contributed by atoms with van der Waals surface area (Å²) in [6.45, 7) is 3.72. The fraction of sp³-hybridized carbons (Fsp3) is 0.769. The standard InChI is InChI=1S/C65H115NO8/c1-3-5-7-9-11-13-15-17-18-19-20-21-22-23-24-25-26-27-28-29-30-31-32-33-34-35-36-37-38-39-40-41-42-43-45-47-49-51-53-55-61(69)66-58(57-73-65-64(72)63(71)62(70)60(56-67)74-65)59(68)54-52-50-48-46-44-16-14-12-10-8-6-4-2/h5,7,11,13,17-18,20-21,23-24,26-27,29-30,58-60,62-65,67-68,70-72H,3-4,6,8-10,12,14-16,19,22,25,28,31-57H2,1-2H3,(H,66,69)/b7-5-,13-11-,18-17-,21-20-,24-23-,27-26-,30-29-. The first-order valence-electron chi connectivity index (χ1n) is 30.8. The maximum atomic E-state index is 13.1. The lowest BCUT2D eigenvalue weighted by Crippen LogP contribution is -2.60. The van der Waals surface area contributed by atoms with Crippen LogP contribution >= 0.6 is 0 Å². The van der Waals surface area contributed by atoms with Crippen molar-refractivity contribution < 1.29 is 39.8 Å². The molecule has 1 aliphatic heterocycles. The Morgan fingerprint density at radius 2 is 0.838 bits per heavy atom. The highest BCUT2D eigenvalue weighted by Gasteiger charge is 2.44. The second-order valence-corrected chi connectivity index (χ2v) is 21.1. The lowest BCUT2D eigenvalue weighted by Gasteiger charge is -2.40. The summed E-state index contributed by atoms with van der Waals surface area (Å²) in [5.41, 5.74) is 0. The maximum Gasteiger partial charge on any atom is 0.220 e. The third kappa shape index (κ3) is 42.5. The van der Waals surface area contributed by atoms with Crippen LogP contribution in [0.15, 0.2) is 85.1 Å². The second-order valence-electron chi connectivity index (χ2n) is 21.1. The van der Waals surface area contributed by atoms with Crippen molar-refractivity contribution in [3.05, 3.63) is 85.1 Å².